The first kappa shape index (κ1) is 22.7. The number of hydrogen-bond acceptors (Lipinski definition) is 4. The molecule has 1 aliphatic carbocycles. The molecule has 0 bridgehead atoms. The fourth-order valence-corrected chi connectivity index (χ4v) is 4.06. The first-order valence-electron chi connectivity index (χ1n) is 10.4. The van der Waals surface area contributed by atoms with Crippen LogP contribution < -0.4 is 16.2 Å². The molecule has 0 spiro atoms. The molecule has 7 nitrogen and oxygen atoms in total. The molecule has 2 fully saturated rings. The number of likely N-dealkylation sites (tertiary alicyclic amines) is 1. The average molecular weight is 413 g/mol. The zero-order valence-electron chi connectivity index (χ0n) is 17.8. The number of amides is 2. The lowest BCUT2D eigenvalue weighted by atomic mass is 9.78. The summed E-state index contributed by atoms with van der Waals surface area (Å²) in [7, 11) is 0. The van der Waals surface area contributed by atoms with Crippen molar-refractivity contribution in [2.45, 2.75) is 78.4 Å². The minimum Gasteiger partial charge on any atom is -0.444 e. The first-order valence-corrected chi connectivity index (χ1v) is 10.8. The van der Waals surface area contributed by atoms with Crippen molar-refractivity contribution in [1.29, 1.82) is 0 Å². The van der Waals surface area contributed by atoms with Gasteiger partial charge in [-0.05, 0) is 64.1 Å². The van der Waals surface area contributed by atoms with Crippen LogP contribution in [-0.2, 0) is 9.53 Å². The van der Waals surface area contributed by atoms with E-state index in [0.717, 1.165) is 6.42 Å². The summed E-state index contributed by atoms with van der Waals surface area (Å²) in [4.78, 5) is 26.2. The zero-order valence-corrected chi connectivity index (χ0v) is 18.7. The Morgan fingerprint density at radius 2 is 1.68 bits per heavy atom. The summed E-state index contributed by atoms with van der Waals surface area (Å²) >= 11 is 5.34. The number of carbonyl (C=O) groups is 2. The maximum Gasteiger partial charge on any atom is 0.410 e. The highest BCUT2D eigenvalue weighted by molar-refractivity contribution is 7.80. The molecule has 1 saturated heterocycles. The maximum atomic E-state index is 12.4. The van der Waals surface area contributed by atoms with Crippen molar-refractivity contribution in [3.63, 3.8) is 0 Å². The van der Waals surface area contributed by atoms with Crippen molar-refractivity contribution < 1.29 is 14.3 Å². The van der Waals surface area contributed by atoms with Crippen LogP contribution in [0.3, 0.4) is 0 Å². The van der Waals surface area contributed by atoms with E-state index in [0.29, 0.717) is 48.9 Å². The fraction of sp³-hybridized carbons (Fsp3) is 0.850. The van der Waals surface area contributed by atoms with Gasteiger partial charge in [-0.3, -0.25) is 15.6 Å². The molecule has 3 N–H and O–H groups in total. The third-order valence-electron chi connectivity index (χ3n) is 5.84. The van der Waals surface area contributed by atoms with E-state index in [2.05, 4.69) is 30.0 Å². The molecule has 160 valence electrons. The molecule has 28 heavy (non-hydrogen) atoms. The molecule has 1 heterocycles. The van der Waals surface area contributed by atoms with Crippen LogP contribution in [-0.4, -0.2) is 46.7 Å². The Morgan fingerprint density at radius 3 is 2.29 bits per heavy atom. The highest BCUT2D eigenvalue weighted by Gasteiger charge is 2.30. The summed E-state index contributed by atoms with van der Waals surface area (Å²) in [6.07, 6.45) is 4.48. The third-order valence-corrected chi connectivity index (χ3v) is 6.06. The van der Waals surface area contributed by atoms with Crippen LogP contribution >= 0.6 is 12.2 Å². The number of carbonyl (C=O) groups excluding carboxylic acids is 2. The number of ether oxygens (including phenoxy) is 1. The van der Waals surface area contributed by atoms with Crippen molar-refractivity contribution in [1.82, 2.24) is 21.1 Å². The van der Waals surface area contributed by atoms with E-state index in [1.54, 1.807) is 4.90 Å². The van der Waals surface area contributed by atoms with Crippen LogP contribution in [0.1, 0.15) is 66.7 Å². The lowest BCUT2D eigenvalue weighted by Crippen LogP contribution is -2.54. The third kappa shape index (κ3) is 6.79. The Hall–Kier alpha value is -1.57. The molecular weight excluding hydrogens is 376 g/mol. The molecule has 0 unspecified atom stereocenters. The molecule has 2 rings (SSSR count). The number of nitrogens with one attached hydrogen (secondary N) is 3. The Bertz CT molecular complexity index is 570. The largest absolute Gasteiger partial charge is 0.444 e. The number of thiocarbonyl (C=S) groups is 1. The van der Waals surface area contributed by atoms with Crippen molar-refractivity contribution in [3.8, 4) is 0 Å². The van der Waals surface area contributed by atoms with Crippen molar-refractivity contribution in [2.75, 3.05) is 13.1 Å². The molecular formula is C20H36N4O3S. The minimum atomic E-state index is -0.508. The molecule has 2 aliphatic rings. The van der Waals surface area contributed by atoms with E-state index in [1.165, 1.54) is 12.8 Å². The molecule has 0 radical (unpaired) electrons. The number of nitrogens with zero attached hydrogens (tertiary/aromatic N) is 1. The van der Waals surface area contributed by atoms with E-state index < -0.39 is 5.60 Å². The molecule has 2 amide bonds. The second-order valence-electron chi connectivity index (χ2n) is 9.20. The van der Waals surface area contributed by atoms with Gasteiger partial charge >= 0.3 is 6.09 Å². The SMILES string of the molecule is C[C@@H]1[C@@H](C)CCC[C@H]1NC(=S)NNC(=O)C1CCN(C(=O)OC(C)(C)C)CC1. The molecule has 1 saturated carbocycles. The predicted octanol–water partition coefficient (Wildman–Crippen LogP) is 2.95. The van der Waals surface area contributed by atoms with E-state index in [-0.39, 0.29) is 17.9 Å². The molecule has 0 aromatic heterocycles. The highest BCUT2D eigenvalue weighted by Crippen LogP contribution is 2.29. The first-order chi connectivity index (χ1) is 13.1. The summed E-state index contributed by atoms with van der Waals surface area (Å²) in [5.74, 6) is 1.01. The quantitative estimate of drug-likeness (QED) is 0.478. The molecule has 8 heteroatoms. The number of piperidine rings is 1. The lowest BCUT2D eigenvalue weighted by Gasteiger charge is -2.35. The summed E-state index contributed by atoms with van der Waals surface area (Å²) < 4.78 is 5.39. The standard InChI is InChI=1S/C20H36N4O3S/c1-13-7-6-8-16(14(13)2)21-18(28)23-22-17(25)15-9-11-24(12-10-15)19(26)27-20(3,4)5/h13-16H,6-12H2,1-5H3,(H,22,25)(H2,21,23,28)/t13-,14+,16+/m0/s1. The summed E-state index contributed by atoms with van der Waals surface area (Å²) in [6.45, 7) is 11.1. The lowest BCUT2D eigenvalue weighted by molar-refractivity contribution is -0.127. The van der Waals surface area contributed by atoms with Crippen LogP contribution in [0.15, 0.2) is 0 Å². The smallest absolute Gasteiger partial charge is 0.410 e. The topological polar surface area (TPSA) is 82.7 Å². The van der Waals surface area contributed by atoms with Gasteiger partial charge in [0.1, 0.15) is 5.60 Å². The average Bonchev–Trinajstić information content (AvgIpc) is 2.62. The predicted molar refractivity (Wildman–Crippen MR) is 114 cm³/mol. The van der Waals surface area contributed by atoms with Gasteiger partial charge in [0.25, 0.3) is 0 Å². The van der Waals surface area contributed by atoms with Crippen LogP contribution in [0.4, 0.5) is 4.79 Å². The maximum absolute atomic E-state index is 12.4. The van der Waals surface area contributed by atoms with E-state index >= 15 is 0 Å². The highest BCUT2D eigenvalue weighted by atomic mass is 32.1. The Labute approximate surface area is 174 Å². The van der Waals surface area contributed by atoms with E-state index in [4.69, 9.17) is 17.0 Å². The minimum absolute atomic E-state index is 0.0851. The zero-order chi connectivity index (χ0) is 20.9. The van der Waals surface area contributed by atoms with Gasteiger partial charge in [0, 0.05) is 25.0 Å². The Balaban J connectivity index is 1.70. The Morgan fingerprint density at radius 1 is 1.04 bits per heavy atom. The van der Waals surface area contributed by atoms with Crippen LogP contribution in [0.2, 0.25) is 0 Å². The Kier molecular flexibility index (Phi) is 7.92. The van der Waals surface area contributed by atoms with Crippen molar-refractivity contribution in [2.24, 2.45) is 17.8 Å². The van der Waals surface area contributed by atoms with Gasteiger partial charge in [-0.15, -0.1) is 0 Å². The molecule has 0 aromatic rings. The van der Waals surface area contributed by atoms with E-state index in [1.807, 2.05) is 20.8 Å². The van der Waals surface area contributed by atoms with Crippen LogP contribution in [0.25, 0.3) is 0 Å². The van der Waals surface area contributed by atoms with Gasteiger partial charge in [0.2, 0.25) is 5.91 Å². The molecule has 1 aliphatic heterocycles. The van der Waals surface area contributed by atoms with Gasteiger partial charge in [0.15, 0.2) is 5.11 Å². The summed E-state index contributed by atoms with van der Waals surface area (Å²) in [6, 6.07) is 0.345. The van der Waals surface area contributed by atoms with Gasteiger partial charge in [-0.1, -0.05) is 26.7 Å². The van der Waals surface area contributed by atoms with Crippen molar-refractivity contribution in [3.05, 3.63) is 0 Å². The summed E-state index contributed by atoms with van der Waals surface area (Å²) in [5.41, 5.74) is 5.06. The van der Waals surface area contributed by atoms with Gasteiger partial charge in [0.05, 0.1) is 0 Å². The second kappa shape index (κ2) is 9.76. The second-order valence-corrected chi connectivity index (χ2v) is 9.61. The molecule has 3 atom stereocenters. The fourth-order valence-electron chi connectivity index (χ4n) is 3.86. The van der Waals surface area contributed by atoms with Crippen LogP contribution in [0.5, 0.6) is 0 Å². The van der Waals surface area contributed by atoms with Crippen molar-refractivity contribution >= 4 is 29.3 Å². The van der Waals surface area contributed by atoms with Gasteiger partial charge in [-0.2, -0.15) is 0 Å². The number of hydrogen-bond donors (Lipinski definition) is 3. The number of hydrazine groups is 1. The van der Waals surface area contributed by atoms with Crippen LogP contribution in [0, 0.1) is 17.8 Å². The molecule has 0 aromatic carbocycles. The monoisotopic (exact) mass is 412 g/mol. The summed E-state index contributed by atoms with van der Waals surface area (Å²) in [5, 5.41) is 3.80. The number of rotatable bonds is 2. The van der Waals surface area contributed by atoms with Gasteiger partial charge in [-0.25, -0.2) is 4.79 Å². The van der Waals surface area contributed by atoms with E-state index in [9.17, 15) is 9.59 Å². The normalized spacial score (nSPS) is 26.3. The van der Waals surface area contributed by atoms with Gasteiger partial charge < -0.3 is 15.0 Å².